The fraction of sp³-hybridized carbons (Fsp3) is 0.143. The van der Waals surface area contributed by atoms with Gasteiger partial charge in [0.1, 0.15) is 17.7 Å². The molecule has 2 nitrogen and oxygen atoms in total. The number of benzene rings is 2. The van der Waals surface area contributed by atoms with Gasteiger partial charge >= 0.3 is 0 Å². The number of hydrogen-bond acceptors (Lipinski definition) is 2. The molecule has 4 heteroatoms. The molecule has 1 N–H and O–H groups in total. The van der Waals surface area contributed by atoms with Gasteiger partial charge in [-0.1, -0.05) is 28.1 Å². The van der Waals surface area contributed by atoms with E-state index in [1.807, 2.05) is 12.1 Å². The molecule has 18 heavy (non-hydrogen) atoms. The van der Waals surface area contributed by atoms with Gasteiger partial charge in [-0.3, -0.25) is 0 Å². The summed E-state index contributed by atoms with van der Waals surface area (Å²) in [6.07, 6.45) is -0.913. The van der Waals surface area contributed by atoms with Crippen LogP contribution in [0.25, 0.3) is 0 Å². The molecule has 0 spiro atoms. The SMILES string of the molecule is COc1ccc(F)cc1[C@@H](O)c1ccc(Br)cc1. The van der Waals surface area contributed by atoms with E-state index in [9.17, 15) is 9.50 Å². The van der Waals surface area contributed by atoms with E-state index in [0.717, 1.165) is 4.47 Å². The van der Waals surface area contributed by atoms with Gasteiger partial charge in [0.25, 0.3) is 0 Å². The zero-order chi connectivity index (χ0) is 13.1. The van der Waals surface area contributed by atoms with Gasteiger partial charge in [0, 0.05) is 10.0 Å². The molecule has 0 aliphatic carbocycles. The van der Waals surface area contributed by atoms with Gasteiger partial charge in [-0.15, -0.1) is 0 Å². The molecular weight excluding hydrogens is 299 g/mol. The molecule has 0 aliphatic heterocycles. The fourth-order valence-corrected chi connectivity index (χ4v) is 2.01. The lowest BCUT2D eigenvalue weighted by Gasteiger charge is -2.15. The van der Waals surface area contributed by atoms with Crippen molar-refractivity contribution in [2.24, 2.45) is 0 Å². The second-order valence-electron chi connectivity index (χ2n) is 3.84. The molecule has 94 valence electrons. The Bertz CT molecular complexity index is 540. The number of halogens is 2. The van der Waals surface area contributed by atoms with Crippen LogP contribution in [0, 0.1) is 5.82 Å². The first kappa shape index (κ1) is 13.1. The summed E-state index contributed by atoms with van der Waals surface area (Å²) in [6.45, 7) is 0. The quantitative estimate of drug-likeness (QED) is 0.937. The molecule has 0 aliphatic rings. The van der Waals surface area contributed by atoms with Crippen LogP contribution >= 0.6 is 15.9 Å². The van der Waals surface area contributed by atoms with E-state index >= 15 is 0 Å². The Hall–Kier alpha value is -1.39. The molecule has 0 heterocycles. The zero-order valence-corrected chi connectivity index (χ0v) is 11.3. The standard InChI is InChI=1S/C14H12BrFO2/c1-18-13-7-6-11(16)8-12(13)14(17)9-2-4-10(15)5-3-9/h2-8,14,17H,1H3/t14-/m0/s1. The highest BCUT2D eigenvalue weighted by atomic mass is 79.9. The Morgan fingerprint density at radius 1 is 1.17 bits per heavy atom. The van der Waals surface area contributed by atoms with Crippen molar-refractivity contribution in [1.82, 2.24) is 0 Å². The largest absolute Gasteiger partial charge is 0.496 e. The van der Waals surface area contributed by atoms with Crippen LogP contribution in [0.1, 0.15) is 17.2 Å². The van der Waals surface area contributed by atoms with Crippen LogP contribution < -0.4 is 4.74 Å². The predicted octanol–water partition coefficient (Wildman–Crippen LogP) is 3.68. The monoisotopic (exact) mass is 310 g/mol. The average Bonchev–Trinajstić information content (AvgIpc) is 2.39. The fourth-order valence-electron chi connectivity index (χ4n) is 1.74. The van der Waals surface area contributed by atoms with E-state index in [2.05, 4.69) is 15.9 Å². The van der Waals surface area contributed by atoms with Crippen molar-refractivity contribution in [1.29, 1.82) is 0 Å². The molecule has 0 bridgehead atoms. The molecule has 2 rings (SSSR count). The Balaban J connectivity index is 2.41. The number of hydrogen-bond donors (Lipinski definition) is 1. The summed E-state index contributed by atoms with van der Waals surface area (Å²) >= 11 is 3.32. The molecule has 0 fully saturated rings. The summed E-state index contributed by atoms with van der Waals surface area (Å²) in [4.78, 5) is 0. The van der Waals surface area contributed by atoms with Crippen molar-refractivity contribution >= 4 is 15.9 Å². The lowest BCUT2D eigenvalue weighted by atomic mass is 10.0. The number of methoxy groups -OCH3 is 1. The van der Waals surface area contributed by atoms with E-state index in [0.29, 0.717) is 16.9 Å². The summed E-state index contributed by atoms with van der Waals surface area (Å²) < 4.78 is 19.3. The Kier molecular flexibility index (Phi) is 3.99. The van der Waals surface area contributed by atoms with E-state index in [1.165, 1.54) is 25.3 Å². The molecule has 0 aromatic heterocycles. The van der Waals surface area contributed by atoms with Crippen LogP contribution in [0.4, 0.5) is 4.39 Å². The van der Waals surface area contributed by atoms with E-state index < -0.39 is 11.9 Å². The summed E-state index contributed by atoms with van der Waals surface area (Å²) in [5.74, 6) is 0.0637. The normalized spacial score (nSPS) is 12.2. The van der Waals surface area contributed by atoms with Crippen molar-refractivity contribution in [3.63, 3.8) is 0 Å². The molecular formula is C14H12BrFO2. The van der Waals surface area contributed by atoms with Crippen molar-refractivity contribution in [3.05, 3.63) is 63.9 Å². The third-order valence-electron chi connectivity index (χ3n) is 2.67. The maximum absolute atomic E-state index is 13.2. The minimum atomic E-state index is -0.913. The molecule has 1 atom stereocenters. The third kappa shape index (κ3) is 2.71. The number of aliphatic hydroxyl groups excluding tert-OH is 1. The summed E-state index contributed by atoms with van der Waals surface area (Å²) in [5, 5.41) is 10.3. The zero-order valence-electron chi connectivity index (χ0n) is 9.73. The molecule has 2 aromatic carbocycles. The van der Waals surface area contributed by atoms with E-state index in [1.54, 1.807) is 12.1 Å². The Morgan fingerprint density at radius 2 is 1.83 bits per heavy atom. The van der Waals surface area contributed by atoms with Gasteiger partial charge in [-0.05, 0) is 35.9 Å². The van der Waals surface area contributed by atoms with Crippen LogP contribution in [0.2, 0.25) is 0 Å². The lowest BCUT2D eigenvalue weighted by molar-refractivity contribution is 0.214. The summed E-state index contributed by atoms with van der Waals surface area (Å²) in [7, 11) is 1.49. The minimum absolute atomic E-state index is 0.401. The van der Waals surface area contributed by atoms with Gasteiger partial charge in [0.05, 0.1) is 7.11 Å². The second kappa shape index (κ2) is 5.50. The first-order valence-corrected chi connectivity index (χ1v) is 6.18. The number of aliphatic hydroxyl groups is 1. The Labute approximate surface area is 113 Å². The van der Waals surface area contributed by atoms with Crippen molar-refractivity contribution in [2.75, 3.05) is 7.11 Å². The first-order valence-electron chi connectivity index (χ1n) is 5.39. The van der Waals surface area contributed by atoms with Crippen LogP contribution in [-0.4, -0.2) is 12.2 Å². The molecule has 0 radical (unpaired) electrons. The summed E-state index contributed by atoms with van der Waals surface area (Å²) in [5.41, 5.74) is 1.10. The highest BCUT2D eigenvalue weighted by Crippen LogP contribution is 2.31. The van der Waals surface area contributed by atoms with Crippen LogP contribution in [-0.2, 0) is 0 Å². The van der Waals surface area contributed by atoms with Crippen LogP contribution in [0.15, 0.2) is 46.9 Å². The van der Waals surface area contributed by atoms with Crippen LogP contribution in [0.3, 0.4) is 0 Å². The third-order valence-corrected chi connectivity index (χ3v) is 3.20. The van der Waals surface area contributed by atoms with Gasteiger partial charge in [0.15, 0.2) is 0 Å². The topological polar surface area (TPSA) is 29.5 Å². The van der Waals surface area contributed by atoms with Crippen molar-refractivity contribution < 1.29 is 14.2 Å². The van der Waals surface area contributed by atoms with Crippen LogP contribution in [0.5, 0.6) is 5.75 Å². The molecule has 0 saturated carbocycles. The number of ether oxygens (including phenoxy) is 1. The van der Waals surface area contributed by atoms with Gasteiger partial charge in [0.2, 0.25) is 0 Å². The van der Waals surface area contributed by atoms with E-state index in [-0.39, 0.29) is 0 Å². The molecule has 2 aromatic rings. The molecule has 0 amide bonds. The maximum atomic E-state index is 13.2. The number of rotatable bonds is 3. The van der Waals surface area contributed by atoms with Crippen molar-refractivity contribution in [2.45, 2.75) is 6.10 Å². The molecule has 0 saturated heterocycles. The Morgan fingerprint density at radius 3 is 2.44 bits per heavy atom. The van der Waals surface area contributed by atoms with E-state index in [4.69, 9.17) is 4.74 Å². The first-order chi connectivity index (χ1) is 8.61. The van der Waals surface area contributed by atoms with Crippen molar-refractivity contribution in [3.8, 4) is 5.75 Å². The molecule has 0 unspecified atom stereocenters. The smallest absolute Gasteiger partial charge is 0.125 e. The van der Waals surface area contributed by atoms with Gasteiger partial charge < -0.3 is 9.84 Å². The highest BCUT2D eigenvalue weighted by Gasteiger charge is 2.16. The van der Waals surface area contributed by atoms with Gasteiger partial charge in [-0.25, -0.2) is 4.39 Å². The second-order valence-corrected chi connectivity index (χ2v) is 4.76. The maximum Gasteiger partial charge on any atom is 0.125 e. The highest BCUT2D eigenvalue weighted by molar-refractivity contribution is 9.10. The lowest BCUT2D eigenvalue weighted by Crippen LogP contribution is -2.03. The summed E-state index contributed by atoms with van der Waals surface area (Å²) in [6, 6.07) is 11.3. The van der Waals surface area contributed by atoms with Gasteiger partial charge in [-0.2, -0.15) is 0 Å². The minimum Gasteiger partial charge on any atom is -0.496 e. The average molecular weight is 311 g/mol. The predicted molar refractivity (Wildman–Crippen MR) is 71.2 cm³/mol.